The van der Waals surface area contributed by atoms with E-state index in [9.17, 15) is 13.2 Å². The zero-order chi connectivity index (χ0) is 12.2. The molecule has 0 aliphatic carbocycles. The Morgan fingerprint density at radius 2 is 2.12 bits per heavy atom. The van der Waals surface area contributed by atoms with Gasteiger partial charge >= 0.3 is 6.18 Å². The predicted molar refractivity (Wildman–Crippen MR) is 50.6 cm³/mol. The van der Waals surface area contributed by atoms with Crippen LogP contribution in [0.4, 0.5) is 13.2 Å². The van der Waals surface area contributed by atoms with Crippen LogP contribution in [0, 0.1) is 5.92 Å². The predicted octanol–water partition coefficient (Wildman–Crippen LogP) is 1.70. The molecule has 1 unspecified atom stereocenters. The molecular formula is C9H14F3N3O. The van der Waals surface area contributed by atoms with E-state index in [0.29, 0.717) is 13.0 Å². The quantitative estimate of drug-likeness (QED) is 0.846. The molecule has 0 aliphatic heterocycles. The molecule has 1 heterocycles. The molecule has 0 saturated heterocycles. The second-order valence-electron chi connectivity index (χ2n) is 3.61. The van der Waals surface area contributed by atoms with Gasteiger partial charge in [0, 0.05) is 6.42 Å². The van der Waals surface area contributed by atoms with Crippen LogP contribution in [0.1, 0.15) is 25.1 Å². The van der Waals surface area contributed by atoms with E-state index in [0.717, 1.165) is 6.42 Å². The number of hydrogen-bond donors (Lipinski definition) is 1. The Balaban J connectivity index is 2.57. The number of alkyl halides is 3. The van der Waals surface area contributed by atoms with Crippen molar-refractivity contribution in [2.24, 2.45) is 11.7 Å². The molecule has 0 amide bonds. The van der Waals surface area contributed by atoms with E-state index in [1.54, 1.807) is 0 Å². The van der Waals surface area contributed by atoms with Crippen molar-refractivity contribution in [3.05, 3.63) is 11.7 Å². The first-order chi connectivity index (χ1) is 7.44. The van der Waals surface area contributed by atoms with Gasteiger partial charge in [-0.15, -0.1) is 0 Å². The van der Waals surface area contributed by atoms with E-state index in [1.165, 1.54) is 0 Å². The molecule has 0 aromatic carbocycles. The molecule has 0 fully saturated rings. The van der Waals surface area contributed by atoms with Gasteiger partial charge in [0.15, 0.2) is 5.82 Å². The summed E-state index contributed by atoms with van der Waals surface area (Å²) in [5.41, 5.74) is 5.47. The first kappa shape index (κ1) is 13.0. The van der Waals surface area contributed by atoms with E-state index >= 15 is 0 Å². The number of aromatic nitrogens is 2. The number of nitrogens with two attached hydrogens (primary N) is 1. The topological polar surface area (TPSA) is 64.9 Å². The molecule has 0 bridgehead atoms. The van der Waals surface area contributed by atoms with Gasteiger partial charge in [0.25, 0.3) is 0 Å². The molecule has 0 spiro atoms. The van der Waals surface area contributed by atoms with Gasteiger partial charge in [-0.3, -0.25) is 0 Å². The second-order valence-corrected chi connectivity index (χ2v) is 3.61. The van der Waals surface area contributed by atoms with Gasteiger partial charge in [-0.05, 0) is 12.5 Å². The Morgan fingerprint density at radius 1 is 1.44 bits per heavy atom. The van der Waals surface area contributed by atoms with Crippen LogP contribution < -0.4 is 5.73 Å². The Labute approximate surface area is 91.0 Å². The van der Waals surface area contributed by atoms with E-state index in [-0.39, 0.29) is 17.6 Å². The first-order valence-corrected chi connectivity index (χ1v) is 5.03. The molecule has 0 saturated carbocycles. The minimum absolute atomic E-state index is 0.166. The van der Waals surface area contributed by atoms with E-state index in [1.807, 2.05) is 6.92 Å². The maximum atomic E-state index is 12.0. The Kier molecular flexibility index (Phi) is 4.28. The maximum Gasteiger partial charge on any atom is 0.396 e. The second kappa shape index (κ2) is 5.29. The normalized spacial score (nSPS) is 14.1. The highest BCUT2D eigenvalue weighted by Crippen LogP contribution is 2.20. The standard InChI is InChI=1S/C9H14F3N3O/c1-2-6(5-13)3-8-14-7(15-16-8)4-9(10,11)12/h6H,2-5,13H2,1H3. The highest BCUT2D eigenvalue weighted by Gasteiger charge is 2.30. The molecule has 4 nitrogen and oxygen atoms in total. The number of nitrogens with zero attached hydrogens (tertiary/aromatic N) is 2. The summed E-state index contributed by atoms with van der Waals surface area (Å²) in [5, 5.41) is 3.28. The Hall–Kier alpha value is -1.11. The average Bonchev–Trinajstić information content (AvgIpc) is 2.59. The molecule has 1 aromatic heterocycles. The SMILES string of the molecule is CCC(CN)Cc1nc(CC(F)(F)F)no1. The summed E-state index contributed by atoms with van der Waals surface area (Å²) >= 11 is 0. The minimum atomic E-state index is -4.31. The van der Waals surface area contributed by atoms with Crippen LogP contribution >= 0.6 is 0 Å². The average molecular weight is 237 g/mol. The number of rotatable bonds is 5. The van der Waals surface area contributed by atoms with Crippen molar-refractivity contribution in [1.29, 1.82) is 0 Å². The number of halogens is 3. The van der Waals surface area contributed by atoms with Crippen LogP contribution in [-0.4, -0.2) is 22.9 Å². The Bertz CT molecular complexity index is 320. The van der Waals surface area contributed by atoms with Crippen LogP contribution in [0.25, 0.3) is 0 Å². The van der Waals surface area contributed by atoms with Crippen molar-refractivity contribution in [2.75, 3.05) is 6.54 Å². The fraction of sp³-hybridized carbons (Fsp3) is 0.778. The van der Waals surface area contributed by atoms with E-state index in [4.69, 9.17) is 10.3 Å². The lowest BCUT2D eigenvalue weighted by atomic mass is 10.0. The molecule has 1 rings (SSSR count). The van der Waals surface area contributed by atoms with E-state index < -0.39 is 12.6 Å². The molecule has 2 N–H and O–H groups in total. The minimum Gasteiger partial charge on any atom is -0.339 e. The van der Waals surface area contributed by atoms with Gasteiger partial charge < -0.3 is 10.3 Å². The maximum absolute atomic E-state index is 12.0. The molecule has 7 heteroatoms. The molecule has 1 atom stereocenters. The van der Waals surface area contributed by atoms with Crippen molar-refractivity contribution in [3.8, 4) is 0 Å². The zero-order valence-corrected chi connectivity index (χ0v) is 8.92. The smallest absolute Gasteiger partial charge is 0.339 e. The summed E-state index contributed by atoms with van der Waals surface area (Å²) < 4.78 is 40.7. The fourth-order valence-electron chi connectivity index (χ4n) is 1.27. The van der Waals surface area contributed by atoms with Crippen molar-refractivity contribution >= 4 is 0 Å². The summed E-state index contributed by atoms with van der Waals surface area (Å²) in [5.74, 6) is 0.0603. The van der Waals surface area contributed by atoms with Gasteiger partial charge in [0.2, 0.25) is 5.89 Å². The van der Waals surface area contributed by atoms with Crippen molar-refractivity contribution in [2.45, 2.75) is 32.4 Å². The lowest BCUT2D eigenvalue weighted by Gasteiger charge is -2.07. The zero-order valence-electron chi connectivity index (χ0n) is 8.92. The third-order valence-electron chi connectivity index (χ3n) is 2.24. The van der Waals surface area contributed by atoms with Crippen LogP contribution in [-0.2, 0) is 12.8 Å². The first-order valence-electron chi connectivity index (χ1n) is 5.03. The summed E-state index contributed by atoms with van der Waals surface area (Å²) in [7, 11) is 0. The molecule has 1 aromatic rings. The van der Waals surface area contributed by atoms with Crippen LogP contribution in [0.15, 0.2) is 4.52 Å². The number of hydrogen-bond acceptors (Lipinski definition) is 4. The van der Waals surface area contributed by atoms with Gasteiger partial charge in [-0.2, -0.15) is 18.2 Å². The highest BCUT2D eigenvalue weighted by atomic mass is 19.4. The van der Waals surface area contributed by atoms with Gasteiger partial charge in [-0.1, -0.05) is 18.5 Å². The molecule has 16 heavy (non-hydrogen) atoms. The lowest BCUT2D eigenvalue weighted by Crippen LogP contribution is -2.16. The van der Waals surface area contributed by atoms with E-state index in [2.05, 4.69) is 10.1 Å². The van der Waals surface area contributed by atoms with Crippen LogP contribution in [0.5, 0.6) is 0 Å². The van der Waals surface area contributed by atoms with Crippen molar-refractivity contribution in [1.82, 2.24) is 10.1 Å². The van der Waals surface area contributed by atoms with Gasteiger partial charge in [0.1, 0.15) is 6.42 Å². The highest BCUT2D eigenvalue weighted by molar-refractivity contribution is 4.90. The van der Waals surface area contributed by atoms with Crippen molar-refractivity contribution in [3.63, 3.8) is 0 Å². The van der Waals surface area contributed by atoms with Crippen LogP contribution in [0.3, 0.4) is 0 Å². The Morgan fingerprint density at radius 3 is 2.62 bits per heavy atom. The third-order valence-corrected chi connectivity index (χ3v) is 2.24. The summed E-state index contributed by atoms with van der Waals surface area (Å²) in [4.78, 5) is 3.68. The van der Waals surface area contributed by atoms with Gasteiger partial charge in [0.05, 0.1) is 0 Å². The van der Waals surface area contributed by atoms with Crippen LogP contribution in [0.2, 0.25) is 0 Å². The molecule has 92 valence electrons. The molecular weight excluding hydrogens is 223 g/mol. The fourth-order valence-corrected chi connectivity index (χ4v) is 1.27. The van der Waals surface area contributed by atoms with Gasteiger partial charge in [-0.25, -0.2) is 0 Å². The molecule has 0 radical (unpaired) electrons. The van der Waals surface area contributed by atoms with Crippen molar-refractivity contribution < 1.29 is 17.7 Å². The monoisotopic (exact) mass is 237 g/mol. The summed E-state index contributed by atoms with van der Waals surface area (Å²) in [6.45, 7) is 2.40. The lowest BCUT2D eigenvalue weighted by molar-refractivity contribution is -0.128. The molecule has 0 aliphatic rings. The summed E-state index contributed by atoms with van der Waals surface area (Å²) in [6, 6.07) is 0. The largest absolute Gasteiger partial charge is 0.396 e. The third kappa shape index (κ3) is 4.18. The summed E-state index contributed by atoms with van der Waals surface area (Å²) in [6.07, 6.45) is -4.21.